The van der Waals surface area contributed by atoms with Gasteiger partial charge in [0.2, 0.25) is 0 Å². The van der Waals surface area contributed by atoms with E-state index in [1.807, 2.05) is 17.5 Å². The third-order valence-corrected chi connectivity index (χ3v) is 5.84. The third-order valence-electron chi connectivity index (χ3n) is 3.28. The lowest BCUT2D eigenvalue weighted by Crippen LogP contribution is -2.52. The Morgan fingerprint density at radius 1 is 1.50 bits per heavy atom. The lowest BCUT2D eigenvalue weighted by atomic mass is 10.1. The number of piperidine rings is 1. The summed E-state index contributed by atoms with van der Waals surface area (Å²) in [6.07, 6.45) is 2.44. The van der Waals surface area contributed by atoms with Gasteiger partial charge in [-0.25, -0.2) is 4.72 Å². The average molecular weight is 318 g/mol. The Balaban J connectivity index is 1.95. The van der Waals surface area contributed by atoms with Crippen LogP contribution in [-0.4, -0.2) is 42.9 Å². The molecule has 20 heavy (non-hydrogen) atoms. The lowest BCUT2D eigenvalue weighted by molar-refractivity contribution is -0.142. The average Bonchev–Trinajstić information content (AvgIpc) is 2.91. The van der Waals surface area contributed by atoms with Crippen LogP contribution >= 0.6 is 11.3 Å². The first-order valence-electron chi connectivity index (χ1n) is 6.52. The van der Waals surface area contributed by atoms with Crippen LogP contribution in [-0.2, 0) is 21.4 Å². The van der Waals surface area contributed by atoms with Crippen LogP contribution in [0.4, 0.5) is 0 Å². The van der Waals surface area contributed by atoms with E-state index in [0.717, 1.165) is 15.6 Å². The number of hydrogen-bond acceptors (Lipinski definition) is 4. The zero-order chi connectivity index (χ0) is 14.6. The third kappa shape index (κ3) is 3.78. The summed E-state index contributed by atoms with van der Waals surface area (Å²) in [5.74, 6) is -1.08. The second-order valence-electron chi connectivity index (χ2n) is 4.69. The molecule has 8 heteroatoms. The highest BCUT2D eigenvalue weighted by Gasteiger charge is 2.36. The smallest absolute Gasteiger partial charge is 0.322 e. The molecule has 0 aromatic carbocycles. The second-order valence-corrected chi connectivity index (χ2v) is 7.43. The summed E-state index contributed by atoms with van der Waals surface area (Å²) in [4.78, 5) is 12.2. The van der Waals surface area contributed by atoms with Crippen molar-refractivity contribution in [2.24, 2.45) is 0 Å². The van der Waals surface area contributed by atoms with Crippen molar-refractivity contribution >= 4 is 27.5 Å². The van der Waals surface area contributed by atoms with E-state index in [1.54, 1.807) is 11.3 Å². The fraction of sp³-hybridized carbons (Fsp3) is 0.583. The maximum absolute atomic E-state index is 12.2. The van der Waals surface area contributed by atoms with Crippen LogP contribution < -0.4 is 4.72 Å². The molecule has 1 saturated heterocycles. The first-order valence-corrected chi connectivity index (χ1v) is 8.84. The first kappa shape index (κ1) is 15.4. The number of carbonyl (C=O) groups is 1. The summed E-state index contributed by atoms with van der Waals surface area (Å²) in [5, 5.41) is 11.1. The molecule has 1 aliphatic heterocycles. The number of nitrogens with one attached hydrogen (secondary N) is 1. The molecule has 0 radical (unpaired) electrons. The molecular weight excluding hydrogens is 300 g/mol. The van der Waals surface area contributed by atoms with E-state index in [0.29, 0.717) is 19.3 Å². The maximum atomic E-state index is 12.2. The normalized spacial score (nSPS) is 20.9. The standard InChI is InChI=1S/C12H18N2O4S2/c15-12(16)11-5-1-2-8-14(11)20(17,18)13-7-6-10-4-3-9-19-10/h3-4,9,11,13H,1-2,5-8H2,(H,15,16). The highest BCUT2D eigenvalue weighted by atomic mass is 32.2. The van der Waals surface area contributed by atoms with Crippen LogP contribution in [0.2, 0.25) is 0 Å². The number of carboxylic acid groups (broad SMARTS) is 1. The van der Waals surface area contributed by atoms with Crippen LogP contribution in [0.3, 0.4) is 0 Å². The lowest BCUT2D eigenvalue weighted by Gasteiger charge is -2.31. The molecule has 0 saturated carbocycles. The van der Waals surface area contributed by atoms with Gasteiger partial charge in [-0.05, 0) is 37.1 Å². The van der Waals surface area contributed by atoms with Crippen molar-refractivity contribution in [3.8, 4) is 0 Å². The summed E-state index contributed by atoms with van der Waals surface area (Å²) in [7, 11) is -3.72. The van der Waals surface area contributed by atoms with Gasteiger partial charge in [-0.15, -0.1) is 11.3 Å². The molecule has 2 rings (SSSR count). The van der Waals surface area contributed by atoms with Gasteiger partial charge in [-0.3, -0.25) is 4.79 Å². The summed E-state index contributed by atoms with van der Waals surface area (Å²) in [6.45, 7) is 0.553. The molecule has 6 nitrogen and oxygen atoms in total. The molecule has 1 aliphatic rings. The van der Waals surface area contributed by atoms with Crippen molar-refractivity contribution in [1.29, 1.82) is 0 Å². The monoisotopic (exact) mass is 318 g/mol. The largest absolute Gasteiger partial charge is 0.480 e. The van der Waals surface area contributed by atoms with Crippen molar-refractivity contribution in [2.75, 3.05) is 13.1 Å². The Hall–Kier alpha value is -0.960. The summed E-state index contributed by atoms with van der Waals surface area (Å²) in [5.41, 5.74) is 0. The molecule has 0 spiro atoms. The zero-order valence-electron chi connectivity index (χ0n) is 11.0. The Kier molecular flexibility index (Phi) is 5.14. The molecule has 0 aliphatic carbocycles. The van der Waals surface area contributed by atoms with Crippen molar-refractivity contribution < 1.29 is 18.3 Å². The van der Waals surface area contributed by atoms with Gasteiger partial charge >= 0.3 is 5.97 Å². The number of hydrogen-bond donors (Lipinski definition) is 2. The molecule has 0 bridgehead atoms. The number of carboxylic acids is 1. The maximum Gasteiger partial charge on any atom is 0.322 e. The van der Waals surface area contributed by atoms with Crippen molar-refractivity contribution in [3.05, 3.63) is 22.4 Å². The molecule has 1 fully saturated rings. The van der Waals surface area contributed by atoms with E-state index >= 15 is 0 Å². The van der Waals surface area contributed by atoms with Crippen LogP contribution in [0, 0.1) is 0 Å². The minimum atomic E-state index is -3.72. The fourth-order valence-electron chi connectivity index (χ4n) is 2.28. The van der Waals surface area contributed by atoms with E-state index < -0.39 is 22.2 Å². The molecule has 1 unspecified atom stereocenters. The Labute approximate surface area is 122 Å². The topological polar surface area (TPSA) is 86.7 Å². The Bertz CT molecular complexity index is 542. The fourth-order valence-corrected chi connectivity index (χ4v) is 4.42. The van der Waals surface area contributed by atoms with Gasteiger partial charge < -0.3 is 5.11 Å². The van der Waals surface area contributed by atoms with E-state index in [-0.39, 0.29) is 13.1 Å². The van der Waals surface area contributed by atoms with E-state index in [9.17, 15) is 13.2 Å². The predicted molar refractivity (Wildman–Crippen MR) is 76.9 cm³/mol. The minimum Gasteiger partial charge on any atom is -0.480 e. The summed E-state index contributed by atoms with van der Waals surface area (Å²) in [6, 6.07) is 2.92. The van der Waals surface area contributed by atoms with Crippen molar-refractivity contribution in [3.63, 3.8) is 0 Å². The number of aliphatic carboxylic acids is 1. The van der Waals surface area contributed by atoms with Gasteiger partial charge in [-0.2, -0.15) is 12.7 Å². The van der Waals surface area contributed by atoms with Gasteiger partial charge in [0.25, 0.3) is 10.2 Å². The van der Waals surface area contributed by atoms with E-state index in [2.05, 4.69) is 4.72 Å². The minimum absolute atomic E-state index is 0.269. The number of thiophene rings is 1. The van der Waals surface area contributed by atoms with Crippen LogP contribution in [0.1, 0.15) is 24.1 Å². The van der Waals surface area contributed by atoms with Gasteiger partial charge in [0.15, 0.2) is 0 Å². The van der Waals surface area contributed by atoms with E-state index in [4.69, 9.17) is 5.11 Å². The number of rotatable bonds is 6. The molecule has 2 N–H and O–H groups in total. The highest BCUT2D eigenvalue weighted by Crippen LogP contribution is 2.20. The molecule has 0 amide bonds. The van der Waals surface area contributed by atoms with Crippen LogP contribution in [0.5, 0.6) is 0 Å². The quantitative estimate of drug-likeness (QED) is 0.821. The van der Waals surface area contributed by atoms with Gasteiger partial charge in [0.1, 0.15) is 6.04 Å². The van der Waals surface area contributed by atoms with Gasteiger partial charge in [0.05, 0.1) is 0 Å². The molecular formula is C12H18N2O4S2. The first-order chi connectivity index (χ1) is 9.50. The van der Waals surface area contributed by atoms with Crippen molar-refractivity contribution in [1.82, 2.24) is 9.03 Å². The number of nitrogens with zero attached hydrogens (tertiary/aromatic N) is 1. The molecule has 2 heterocycles. The van der Waals surface area contributed by atoms with Crippen LogP contribution in [0.15, 0.2) is 17.5 Å². The van der Waals surface area contributed by atoms with Crippen molar-refractivity contribution in [2.45, 2.75) is 31.7 Å². The zero-order valence-corrected chi connectivity index (χ0v) is 12.6. The molecule has 1 atom stereocenters. The summed E-state index contributed by atoms with van der Waals surface area (Å²) < 4.78 is 27.9. The molecule has 1 aromatic rings. The predicted octanol–water partition coefficient (Wildman–Crippen LogP) is 1.06. The van der Waals surface area contributed by atoms with Gasteiger partial charge in [-0.1, -0.05) is 6.07 Å². The Morgan fingerprint density at radius 3 is 2.95 bits per heavy atom. The molecule has 112 valence electrons. The van der Waals surface area contributed by atoms with E-state index in [1.165, 1.54) is 0 Å². The van der Waals surface area contributed by atoms with Crippen LogP contribution in [0.25, 0.3) is 0 Å². The van der Waals surface area contributed by atoms with Gasteiger partial charge in [0, 0.05) is 18.0 Å². The second kappa shape index (κ2) is 6.66. The Morgan fingerprint density at radius 2 is 2.30 bits per heavy atom. The summed E-state index contributed by atoms with van der Waals surface area (Å²) >= 11 is 1.57. The molecule has 1 aromatic heterocycles. The SMILES string of the molecule is O=C(O)C1CCCCN1S(=O)(=O)NCCc1cccs1. The highest BCUT2D eigenvalue weighted by molar-refractivity contribution is 7.87.